The van der Waals surface area contributed by atoms with Crippen molar-refractivity contribution in [3.8, 4) is 0 Å². The van der Waals surface area contributed by atoms with E-state index in [4.69, 9.17) is 10.8 Å². The molecule has 4 heteroatoms. The van der Waals surface area contributed by atoms with Gasteiger partial charge in [-0.2, -0.15) is 0 Å². The number of nitrogens with one attached hydrogen (secondary N) is 1. The molecule has 0 amide bonds. The summed E-state index contributed by atoms with van der Waals surface area (Å²) in [6.45, 7) is 1.60. The molecule has 0 bridgehead atoms. The number of β-amino-alcohol motifs (C(OH)–C–C–N with tert-alkyl or cyclic N) is 1. The van der Waals surface area contributed by atoms with Crippen LogP contribution in [0.25, 0.3) is 0 Å². The van der Waals surface area contributed by atoms with Crippen molar-refractivity contribution in [1.29, 1.82) is 0 Å². The van der Waals surface area contributed by atoms with Gasteiger partial charge in [-0.3, -0.25) is 0 Å². The highest BCUT2D eigenvalue weighted by molar-refractivity contribution is 5.85. The van der Waals surface area contributed by atoms with Gasteiger partial charge < -0.3 is 16.2 Å². The van der Waals surface area contributed by atoms with Gasteiger partial charge in [-0.15, -0.1) is 12.4 Å². The maximum Gasteiger partial charge on any atom is 0.0815 e. The lowest BCUT2D eigenvalue weighted by atomic mass is 10.1. The molecule has 2 unspecified atom stereocenters. The summed E-state index contributed by atoms with van der Waals surface area (Å²) in [5, 5.41) is 12.0. The van der Waals surface area contributed by atoms with Crippen molar-refractivity contribution in [3.05, 3.63) is 0 Å². The van der Waals surface area contributed by atoms with Gasteiger partial charge in [0.15, 0.2) is 0 Å². The van der Waals surface area contributed by atoms with E-state index in [1.54, 1.807) is 0 Å². The first-order chi connectivity index (χ1) is 3.80. The zero-order chi connectivity index (χ0) is 5.98. The summed E-state index contributed by atoms with van der Waals surface area (Å²) >= 11 is 0. The predicted octanol–water partition coefficient (Wildman–Crippen LogP) is -0.910. The van der Waals surface area contributed by atoms with Crippen LogP contribution < -0.4 is 11.1 Å². The summed E-state index contributed by atoms with van der Waals surface area (Å²) in [4.78, 5) is 0. The van der Waals surface area contributed by atoms with E-state index in [1.165, 1.54) is 0 Å². The topological polar surface area (TPSA) is 58.3 Å². The Morgan fingerprint density at radius 1 is 1.56 bits per heavy atom. The Morgan fingerprint density at radius 2 is 2.22 bits per heavy atom. The first-order valence-corrected chi connectivity index (χ1v) is 2.95. The van der Waals surface area contributed by atoms with Gasteiger partial charge in [-0.25, -0.2) is 0 Å². The molecule has 0 aromatic rings. The van der Waals surface area contributed by atoms with Crippen LogP contribution in [0.2, 0.25) is 0 Å². The highest BCUT2D eigenvalue weighted by Crippen LogP contribution is 1.98. The van der Waals surface area contributed by atoms with Gasteiger partial charge >= 0.3 is 0 Å². The number of hydrogen-bond acceptors (Lipinski definition) is 3. The van der Waals surface area contributed by atoms with E-state index >= 15 is 0 Å². The van der Waals surface area contributed by atoms with Crippen molar-refractivity contribution in [3.63, 3.8) is 0 Å². The zero-order valence-corrected chi connectivity index (χ0v) is 6.03. The van der Waals surface area contributed by atoms with Crippen molar-refractivity contribution < 1.29 is 5.11 Å². The van der Waals surface area contributed by atoms with E-state index in [0.29, 0.717) is 6.54 Å². The van der Waals surface area contributed by atoms with Gasteiger partial charge in [0.05, 0.1) is 6.10 Å². The molecular formula is C5H13ClN2O. The molecule has 0 aromatic carbocycles. The Labute approximate surface area is 61.0 Å². The molecule has 56 valence electrons. The molecule has 1 heterocycles. The van der Waals surface area contributed by atoms with Crippen LogP contribution in [0.1, 0.15) is 6.42 Å². The molecule has 1 fully saturated rings. The quantitative estimate of drug-likeness (QED) is 0.421. The molecule has 0 radical (unpaired) electrons. The van der Waals surface area contributed by atoms with Crippen molar-refractivity contribution in [2.75, 3.05) is 13.1 Å². The average molecular weight is 153 g/mol. The van der Waals surface area contributed by atoms with Crippen LogP contribution in [-0.2, 0) is 0 Å². The van der Waals surface area contributed by atoms with Gasteiger partial charge in [0.25, 0.3) is 0 Å². The first kappa shape index (κ1) is 9.17. The Hall–Kier alpha value is 0.170. The lowest BCUT2D eigenvalue weighted by Gasteiger charge is -2.24. The largest absolute Gasteiger partial charge is 0.390 e. The van der Waals surface area contributed by atoms with Crippen LogP contribution in [0, 0.1) is 0 Å². The highest BCUT2D eigenvalue weighted by atomic mass is 35.5. The number of piperidine rings is 1. The van der Waals surface area contributed by atoms with E-state index < -0.39 is 0 Å². The van der Waals surface area contributed by atoms with Gasteiger partial charge in [0, 0.05) is 12.6 Å². The molecule has 1 aliphatic heterocycles. The standard InChI is InChI=1S/C5H12N2O.ClH/c6-4-1-2-7-3-5(4)8;/h4-5,7-8H,1-3,6H2;1H. The fraction of sp³-hybridized carbons (Fsp3) is 1.00. The average Bonchev–Trinajstić information content (AvgIpc) is 1.77. The Kier molecular flexibility index (Phi) is 4.14. The molecule has 2 atom stereocenters. The first-order valence-electron chi connectivity index (χ1n) is 2.95. The minimum absolute atomic E-state index is 0. The monoisotopic (exact) mass is 152 g/mol. The van der Waals surface area contributed by atoms with Gasteiger partial charge in [0.2, 0.25) is 0 Å². The molecule has 1 saturated heterocycles. The second-order valence-electron chi connectivity index (χ2n) is 2.22. The molecule has 9 heavy (non-hydrogen) atoms. The second kappa shape index (κ2) is 4.06. The number of halogens is 1. The smallest absolute Gasteiger partial charge is 0.0815 e. The Balaban J connectivity index is 0.000000640. The maximum absolute atomic E-state index is 8.99. The second-order valence-corrected chi connectivity index (χ2v) is 2.22. The molecule has 1 aliphatic rings. The summed E-state index contributed by atoms with van der Waals surface area (Å²) in [6, 6.07) is -0.00347. The van der Waals surface area contributed by atoms with Gasteiger partial charge in [-0.05, 0) is 13.0 Å². The third kappa shape index (κ3) is 2.49. The van der Waals surface area contributed by atoms with E-state index in [1.807, 2.05) is 0 Å². The van der Waals surface area contributed by atoms with E-state index in [-0.39, 0.29) is 24.6 Å². The van der Waals surface area contributed by atoms with Crippen molar-refractivity contribution >= 4 is 12.4 Å². The fourth-order valence-corrected chi connectivity index (χ4v) is 0.862. The molecule has 1 rings (SSSR count). The fourth-order valence-electron chi connectivity index (χ4n) is 0.862. The number of rotatable bonds is 0. The van der Waals surface area contributed by atoms with E-state index in [2.05, 4.69) is 5.32 Å². The molecule has 0 aromatic heterocycles. The highest BCUT2D eigenvalue weighted by Gasteiger charge is 2.17. The van der Waals surface area contributed by atoms with Crippen LogP contribution in [0.3, 0.4) is 0 Å². The molecule has 0 saturated carbocycles. The maximum atomic E-state index is 8.99. The number of nitrogens with two attached hydrogens (primary N) is 1. The van der Waals surface area contributed by atoms with Crippen LogP contribution in [-0.4, -0.2) is 30.3 Å². The molecule has 3 nitrogen and oxygen atoms in total. The summed E-state index contributed by atoms with van der Waals surface area (Å²) in [5.41, 5.74) is 5.49. The SMILES string of the molecule is Cl.NC1CCNCC1O. The summed E-state index contributed by atoms with van der Waals surface area (Å²) < 4.78 is 0. The van der Waals surface area contributed by atoms with Gasteiger partial charge in [0.1, 0.15) is 0 Å². The number of hydrogen-bond donors (Lipinski definition) is 3. The van der Waals surface area contributed by atoms with Crippen LogP contribution in [0.15, 0.2) is 0 Å². The van der Waals surface area contributed by atoms with E-state index in [9.17, 15) is 0 Å². The minimum Gasteiger partial charge on any atom is -0.390 e. The summed E-state index contributed by atoms with van der Waals surface area (Å²) in [6.07, 6.45) is 0.560. The zero-order valence-electron chi connectivity index (χ0n) is 5.21. The third-order valence-corrected chi connectivity index (χ3v) is 1.50. The molecule has 4 N–H and O–H groups in total. The van der Waals surface area contributed by atoms with Gasteiger partial charge in [-0.1, -0.05) is 0 Å². The molecule has 0 spiro atoms. The normalized spacial score (nSPS) is 35.3. The third-order valence-electron chi connectivity index (χ3n) is 1.50. The lowest BCUT2D eigenvalue weighted by molar-refractivity contribution is 0.120. The van der Waals surface area contributed by atoms with Crippen molar-refractivity contribution in [2.45, 2.75) is 18.6 Å². The molecular weight excluding hydrogens is 140 g/mol. The van der Waals surface area contributed by atoms with Crippen molar-refractivity contribution in [2.24, 2.45) is 5.73 Å². The lowest BCUT2D eigenvalue weighted by Crippen LogP contribution is -2.48. The van der Waals surface area contributed by atoms with Crippen LogP contribution in [0.5, 0.6) is 0 Å². The summed E-state index contributed by atoms with van der Waals surface area (Å²) in [5.74, 6) is 0. The Morgan fingerprint density at radius 3 is 2.56 bits per heavy atom. The summed E-state index contributed by atoms with van der Waals surface area (Å²) in [7, 11) is 0. The van der Waals surface area contributed by atoms with Crippen LogP contribution in [0.4, 0.5) is 0 Å². The minimum atomic E-state index is -0.330. The van der Waals surface area contributed by atoms with Crippen molar-refractivity contribution in [1.82, 2.24) is 5.32 Å². The Bertz CT molecular complexity index is 71.4. The van der Waals surface area contributed by atoms with E-state index in [0.717, 1.165) is 13.0 Å². The van der Waals surface area contributed by atoms with Crippen LogP contribution >= 0.6 is 12.4 Å². The molecule has 0 aliphatic carbocycles. The predicted molar refractivity (Wildman–Crippen MR) is 38.7 cm³/mol. The number of aliphatic hydroxyl groups is 1. The number of aliphatic hydroxyl groups excluding tert-OH is 1.